The van der Waals surface area contributed by atoms with Gasteiger partial charge in [0.15, 0.2) is 0 Å². The van der Waals surface area contributed by atoms with Gasteiger partial charge < -0.3 is 9.97 Å². The summed E-state index contributed by atoms with van der Waals surface area (Å²) in [5.74, 6) is 0. The van der Waals surface area contributed by atoms with Gasteiger partial charge in [0.2, 0.25) is 0 Å². The van der Waals surface area contributed by atoms with Gasteiger partial charge in [0.25, 0.3) is 0 Å². The molecule has 0 saturated heterocycles. The average Bonchev–Trinajstić information content (AvgIpc) is 1.70. The van der Waals surface area contributed by atoms with Gasteiger partial charge in [-0.15, -0.1) is 0 Å². The zero-order valence-electron chi connectivity index (χ0n) is 49.8. The second-order valence-corrected chi connectivity index (χ2v) is 24.0. The van der Waals surface area contributed by atoms with Crippen molar-refractivity contribution in [3.05, 3.63) is 265 Å². The van der Waals surface area contributed by atoms with Crippen molar-refractivity contribution >= 4 is 86.7 Å². The smallest absolute Gasteiger partial charge is 0.0816 e. The molecule has 0 saturated carbocycles. The lowest BCUT2D eigenvalue weighted by molar-refractivity contribution is 1.14. The first kappa shape index (κ1) is 51.7. The zero-order chi connectivity index (χ0) is 58.7. The summed E-state index contributed by atoms with van der Waals surface area (Å²) in [7, 11) is 0. The Hall–Kier alpha value is -10.7. The van der Waals surface area contributed by atoms with Crippen LogP contribution in [0.3, 0.4) is 0 Å². The van der Waals surface area contributed by atoms with Gasteiger partial charge in [-0.3, -0.25) is 0 Å². The van der Waals surface area contributed by atoms with Gasteiger partial charge in [0.05, 0.1) is 44.8 Å². The minimum Gasteiger partial charge on any atom is -0.353 e. The number of aryl methyl sites for hydroxylation is 4. The summed E-state index contributed by atoms with van der Waals surface area (Å²) >= 11 is 0. The fourth-order valence-electron chi connectivity index (χ4n) is 14.3. The molecule has 0 amide bonds. The summed E-state index contributed by atoms with van der Waals surface area (Å²) in [6.45, 7) is 8.94. The first-order valence-corrected chi connectivity index (χ1v) is 31.4. The van der Waals surface area contributed by atoms with Crippen LogP contribution in [0, 0.1) is 0 Å². The summed E-state index contributed by atoms with van der Waals surface area (Å²) in [6.07, 6.45) is 3.71. The molecule has 0 atom stereocenters. The fourth-order valence-corrected chi connectivity index (χ4v) is 14.3. The third-order valence-corrected chi connectivity index (χ3v) is 19.1. The minimum atomic E-state index is 0.918. The Morgan fingerprint density at radius 2 is 0.432 bits per heavy atom. The van der Waals surface area contributed by atoms with E-state index >= 15 is 0 Å². The van der Waals surface area contributed by atoms with Crippen LogP contribution >= 0.6 is 0 Å². The lowest BCUT2D eigenvalue weighted by Crippen LogP contribution is -1.89. The Labute approximate surface area is 511 Å². The van der Waals surface area contributed by atoms with E-state index in [-0.39, 0.29) is 0 Å². The number of aromatic nitrogens is 4. The molecule has 4 heterocycles. The highest BCUT2D eigenvalue weighted by Gasteiger charge is 2.31. The van der Waals surface area contributed by atoms with Gasteiger partial charge in [0.1, 0.15) is 0 Å². The van der Waals surface area contributed by atoms with Crippen LogP contribution in [-0.2, 0) is 25.7 Å². The molecule has 2 N–H and O–H groups in total. The third kappa shape index (κ3) is 8.19. The van der Waals surface area contributed by atoms with Crippen LogP contribution in [0.5, 0.6) is 0 Å². The molecule has 2 aliphatic heterocycles. The van der Waals surface area contributed by atoms with E-state index in [2.05, 4.69) is 280 Å². The van der Waals surface area contributed by atoms with E-state index in [1.54, 1.807) is 0 Å². The average molecular weight is 1130 g/mol. The monoisotopic (exact) mass is 1130 g/mol. The lowest BCUT2D eigenvalue weighted by atomic mass is 9.90. The van der Waals surface area contributed by atoms with Gasteiger partial charge in [-0.2, -0.15) is 0 Å². The summed E-state index contributed by atoms with van der Waals surface area (Å²) < 4.78 is 0. The van der Waals surface area contributed by atoms with Gasteiger partial charge in [-0.1, -0.05) is 222 Å². The van der Waals surface area contributed by atoms with Crippen molar-refractivity contribution in [2.24, 2.45) is 0 Å². The molecule has 8 bridgehead atoms. The van der Waals surface area contributed by atoms with E-state index in [9.17, 15) is 0 Å². The Morgan fingerprint density at radius 3 is 0.625 bits per heavy atom. The van der Waals surface area contributed by atoms with Crippen LogP contribution in [0.15, 0.2) is 243 Å². The molecule has 0 spiro atoms. The van der Waals surface area contributed by atoms with Gasteiger partial charge in [-0.25, -0.2) is 9.97 Å². The highest BCUT2D eigenvalue weighted by Crippen LogP contribution is 2.54. The minimum absolute atomic E-state index is 0.918. The first-order valence-electron chi connectivity index (χ1n) is 31.4. The van der Waals surface area contributed by atoms with E-state index in [4.69, 9.17) is 9.97 Å². The molecule has 88 heavy (non-hydrogen) atoms. The van der Waals surface area contributed by atoms with E-state index in [0.717, 1.165) is 180 Å². The highest BCUT2D eigenvalue weighted by atomic mass is 14.8. The summed E-state index contributed by atoms with van der Waals surface area (Å²) in [6, 6.07) is 91.6. The number of nitrogens with zero attached hydrogens (tertiary/aromatic N) is 2. The first-order chi connectivity index (χ1) is 43.4. The van der Waals surface area contributed by atoms with Crippen LogP contribution in [-0.4, -0.2) is 19.9 Å². The molecule has 12 aromatic carbocycles. The molecule has 1 aliphatic carbocycles. The van der Waals surface area contributed by atoms with Gasteiger partial charge in [-0.05, 0) is 162 Å². The molecule has 0 unspecified atom stereocenters. The van der Waals surface area contributed by atoms with E-state index in [0.29, 0.717) is 0 Å². The number of benzene rings is 12. The second-order valence-electron chi connectivity index (χ2n) is 24.0. The molecule has 0 radical (unpaired) electrons. The highest BCUT2D eigenvalue weighted by molar-refractivity contribution is 6.25. The normalized spacial score (nSPS) is 12.0. The van der Waals surface area contributed by atoms with E-state index in [1.807, 2.05) is 0 Å². The Kier molecular flexibility index (Phi) is 12.0. The maximum absolute atomic E-state index is 6.29. The second kappa shape index (κ2) is 20.5. The predicted octanol–water partition coefficient (Wildman–Crippen LogP) is 22.8. The number of nitrogens with one attached hydrogen (secondary N) is 2. The number of aromatic amines is 2. The molecular weight excluding hydrogens is 1060 g/mol. The summed E-state index contributed by atoms with van der Waals surface area (Å²) in [4.78, 5) is 21.3. The topological polar surface area (TPSA) is 57.4 Å². The van der Waals surface area contributed by atoms with Crippen LogP contribution < -0.4 is 0 Å². The summed E-state index contributed by atoms with van der Waals surface area (Å²) in [5.41, 5.74) is 25.7. The standard InChI is InChI=1S/C84H62N4/c1-5-49-25-33-53(34-26-49)73-77-65-41-57-17-9-11-19-59(57)43-67(65)79(85-77)74(54-35-27-50(6-2)28-36-54)81-69-45-61-21-13-15-23-63(61)47-71(69)83(87-81)76(56-39-31-52(8-4)32-40-56)84-72-48-64-24-16-14-22-62(64)46-70(72)82(88-84)75(55-37-29-51(7-3)30-38-55)80-68-44-60-20-12-10-18-58(60)42-66(68)78(73)86-80/h9-48,85,88H,5-8H2,1-4H3. The van der Waals surface area contributed by atoms with Crippen molar-refractivity contribution in [3.63, 3.8) is 0 Å². The molecule has 14 aromatic rings. The maximum Gasteiger partial charge on any atom is 0.0816 e. The molecule has 0 fully saturated rings. The molecule has 418 valence electrons. The third-order valence-electron chi connectivity index (χ3n) is 19.1. The van der Waals surface area contributed by atoms with Crippen molar-refractivity contribution in [1.82, 2.24) is 19.9 Å². The maximum atomic E-state index is 6.29. The van der Waals surface area contributed by atoms with Crippen molar-refractivity contribution in [2.45, 2.75) is 53.4 Å². The van der Waals surface area contributed by atoms with Crippen LogP contribution in [0.1, 0.15) is 49.9 Å². The van der Waals surface area contributed by atoms with Crippen molar-refractivity contribution < 1.29 is 0 Å². The SMILES string of the molecule is CCc1ccc(-c2c3nc(c(-c4ccc(CC)cc4)c4[nH]c(c(-c5ccc(CC)cc5)c5nc(c(-c6ccc(CC)cc6)c6[nH]c2c2cc7ccccc7cc62)-c2cc6ccccc6cc2-5)c2cc5ccccc5cc42)-c2cc4ccccc4cc2-3)cc1. The molecule has 17 rings (SSSR count). The zero-order valence-corrected chi connectivity index (χ0v) is 49.8. The number of hydrogen-bond acceptors (Lipinski definition) is 2. The van der Waals surface area contributed by atoms with Gasteiger partial charge >= 0.3 is 0 Å². The molecule has 4 heteroatoms. The Balaban J connectivity index is 1.22. The van der Waals surface area contributed by atoms with Gasteiger partial charge in [0, 0.05) is 66.1 Å². The van der Waals surface area contributed by atoms with E-state index < -0.39 is 0 Å². The fraction of sp³-hybridized carbons (Fsp3) is 0.0952. The van der Waals surface area contributed by atoms with Crippen molar-refractivity contribution in [1.29, 1.82) is 0 Å². The largest absolute Gasteiger partial charge is 0.353 e. The number of hydrogen-bond donors (Lipinski definition) is 2. The van der Waals surface area contributed by atoms with E-state index in [1.165, 1.54) is 43.8 Å². The number of fused-ring (bicyclic) bond motifs is 4. The Bertz CT molecular complexity index is 4880. The van der Waals surface area contributed by atoms with Crippen molar-refractivity contribution in [2.75, 3.05) is 0 Å². The number of H-pyrrole nitrogens is 2. The lowest BCUT2D eigenvalue weighted by Gasteiger charge is -2.11. The molecule has 2 aromatic heterocycles. The summed E-state index contributed by atoms with van der Waals surface area (Å²) in [5, 5.41) is 13.8. The van der Waals surface area contributed by atoms with Crippen molar-refractivity contribution in [3.8, 4) is 89.5 Å². The predicted molar refractivity (Wildman–Crippen MR) is 374 cm³/mol. The molecule has 3 aliphatic rings. The molecular formula is C84H62N4. The van der Waals surface area contributed by atoms with Crippen LogP contribution in [0.25, 0.3) is 176 Å². The van der Waals surface area contributed by atoms with Crippen LogP contribution in [0.4, 0.5) is 0 Å². The Morgan fingerprint density at radius 1 is 0.239 bits per heavy atom. The molecule has 4 nitrogen and oxygen atoms in total. The number of rotatable bonds is 8. The van der Waals surface area contributed by atoms with Crippen LogP contribution in [0.2, 0.25) is 0 Å². The quantitative estimate of drug-likeness (QED) is 0.159.